The molecule has 2 saturated carbocycles. The molecule has 3 aliphatic rings. The van der Waals surface area contributed by atoms with Gasteiger partial charge in [-0.1, -0.05) is 6.42 Å². The molecule has 5 rings (SSSR count). The van der Waals surface area contributed by atoms with Gasteiger partial charge in [-0.2, -0.15) is 13.8 Å². The van der Waals surface area contributed by atoms with E-state index in [2.05, 4.69) is 15.3 Å². The molecule has 2 aromatic rings. The summed E-state index contributed by atoms with van der Waals surface area (Å²) in [6, 6.07) is 2.17. The fraction of sp³-hybridized carbons (Fsp3) is 0.565. The first-order valence-corrected chi connectivity index (χ1v) is 12.2. The number of aromatic nitrogens is 2. The van der Waals surface area contributed by atoms with Gasteiger partial charge in [0, 0.05) is 42.2 Å². The van der Waals surface area contributed by atoms with Crippen LogP contribution in [0, 0.1) is 30.2 Å². The van der Waals surface area contributed by atoms with Gasteiger partial charge >= 0.3 is 0 Å². The van der Waals surface area contributed by atoms with E-state index in [4.69, 9.17) is 4.74 Å². The third kappa shape index (κ3) is 4.14. The number of thiazole rings is 1. The summed E-state index contributed by atoms with van der Waals surface area (Å²) >= 11 is 1.16. The number of anilines is 2. The lowest BCUT2D eigenvalue weighted by molar-refractivity contribution is -0.124. The average Bonchev–Trinajstić information content (AvgIpc) is 3.11. The second kappa shape index (κ2) is 8.72. The highest BCUT2D eigenvalue weighted by Crippen LogP contribution is 2.55. The Bertz CT molecular complexity index is 1060. The van der Waals surface area contributed by atoms with Crippen molar-refractivity contribution >= 4 is 34.0 Å². The SMILES string of the molecule is Cc1sc(N(C(=O)C2CCOCC2)c2cc(F)nc(F)c2)nc1C(=O)N[C@H]1CCC12CCC2. The van der Waals surface area contributed by atoms with E-state index in [0.29, 0.717) is 30.9 Å². The number of ether oxygens (including phenoxy) is 1. The minimum atomic E-state index is -1.03. The molecule has 10 heteroatoms. The van der Waals surface area contributed by atoms with Gasteiger partial charge in [0.2, 0.25) is 17.8 Å². The maximum atomic E-state index is 13.9. The van der Waals surface area contributed by atoms with Crippen LogP contribution in [0.2, 0.25) is 0 Å². The van der Waals surface area contributed by atoms with Crippen molar-refractivity contribution in [1.29, 1.82) is 0 Å². The average molecular weight is 477 g/mol. The molecule has 2 aromatic heterocycles. The summed E-state index contributed by atoms with van der Waals surface area (Å²) in [7, 11) is 0. The van der Waals surface area contributed by atoms with Crippen LogP contribution in [-0.2, 0) is 9.53 Å². The largest absolute Gasteiger partial charge is 0.381 e. The van der Waals surface area contributed by atoms with E-state index in [1.807, 2.05) is 0 Å². The van der Waals surface area contributed by atoms with E-state index < -0.39 is 11.9 Å². The summed E-state index contributed by atoms with van der Waals surface area (Å²) in [5, 5.41) is 3.34. The number of nitrogens with zero attached hydrogens (tertiary/aromatic N) is 3. The van der Waals surface area contributed by atoms with Crippen LogP contribution in [0.5, 0.6) is 0 Å². The Morgan fingerprint density at radius 2 is 1.82 bits per heavy atom. The fourth-order valence-electron chi connectivity index (χ4n) is 5.11. The molecule has 0 unspecified atom stereocenters. The first-order chi connectivity index (χ1) is 15.9. The zero-order valence-electron chi connectivity index (χ0n) is 18.4. The zero-order chi connectivity index (χ0) is 23.2. The van der Waals surface area contributed by atoms with Crippen LogP contribution in [-0.4, -0.2) is 41.0 Å². The number of amides is 2. The van der Waals surface area contributed by atoms with Crippen LogP contribution < -0.4 is 10.2 Å². The van der Waals surface area contributed by atoms with Crippen molar-refractivity contribution in [3.8, 4) is 0 Å². The lowest BCUT2D eigenvalue weighted by Crippen LogP contribution is -2.58. The van der Waals surface area contributed by atoms with Gasteiger partial charge < -0.3 is 10.1 Å². The van der Waals surface area contributed by atoms with Crippen LogP contribution in [0.25, 0.3) is 0 Å². The number of pyridine rings is 1. The Morgan fingerprint density at radius 1 is 1.12 bits per heavy atom. The zero-order valence-corrected chi connectivity index (χ0v) is 19.2. The molecule has 1 spiro atoms. The van der Waals surface area contributed by atoms with Crippen LogP contribution >= 0.6 is 11.3 Å². The first kappa shape index (κ1) is 22.3. The van der Waals surface area contributed by atoms with Crippen LogP contribution in [0.4, 0.5) is 19.6 Å². The molecular formula is C23H26F2N4O3S. The number of aryl methyl sites for hydroxylation is 1. The van der Waals surface area contributed by atoms with Crippen molar-refractivity contribution < 1.29 is 23.1 Å². The van der Waals surface area contributed by atoms with Gasteiger partial charge in [-0.3, -0.25) is 14.5 Å². The van der Waals surface area contributed by atoms with Crippen molar-refractivity contribution in [2.75, 3.05) is 18.1 Å². The molecule has 176 valence electrons. The Labute approximate surface area is 194 Å². The predicted octanol–water partition coefficient (Wildman–Crippen LogP) is 4.28. The van der Waals surface area contributed by atoms with E-state index in [-0.39, 0.29) is 45.7 Å². The summed E-state index contributed by atoms with van der Waals surface area (Å²) < 4.78 is 33.2. The molecule has 0 aromatic carbocycles. The van der Waals surface area contributed by atoms with Crippen molar-refractivity contribution in [3.05, 3.63) is 34.6 Å². The number of carbonyl (C=O) groups is 2. The summed E-state index contributed by atoms with van der Waals surface area (Å²) in [5.74, 6) is -3.02. The molecule has 33 heavy (non-hydrogen) atoms. The van der Waals surface area contributed by atoms with Gasteiger partial charge in [0.1, 0.15) is 5.69 Å². The maximum absolute atomic E-state index is 13.9. The molecule has 2 aliphatic carbocycles. The quantitative estimate of drug-likeness (QED) is 0.652. The Hall–Kier alpha value is -2.46. The van der Waals surface area contributed by atoms with E-state index in [0.717, 1.165) is 49.2 Å². The van der Waals surface area contributed by atoms with Crippen LogP contribution in [0.3, 0.4) is 0 Å². The standard InChI is InChI=1S/C23H26F2N4O3S/c1-13-19(20(30)26-16-3-8-23(16)6-2-7-23)28-22(33-13)29(15-11-17(24)27-18(25)12-15)21(31)14-4-9-32-10-5-14/h11-12,14,16H,2-10H2,1H3,(H,26,30)/t16-/m0/s1. The molecule has 3 heterocycles. The summed E-state index contributed by atoms with van der Waals surface area (Å²) in [6.07, 6.45) is 6.61. The van der Waals surface area contributed by atoms with Crippen molar-refractivity contribution in [2.24, 2.45) is 11.3 Å². The molecule has 1 aliphatic heterocycles. The van der Waals surface area contributed by atoms with E-state index in [1.165, 1.54) is 11.3 Å². The molecule has 0 bridgehead atoms. The third-order valence-electron chi connectivity index (χ3n) is 7.31. The van der Waals surface area contributed by atoms with Crippen molar-refractivity contribution in [1.82, 2.24) is 15.3 Å². The lowest BCUT2D eigenvalue weighted by atomic mass is 9.53. The topological polar surface area (TPSA) is 84.4 Å². The second-order valence-corrected chi connectivity index (χ2v) is 10.4. The van der Waals surface area contributed by atoms with Gasteiger partial charge in [-0.05, 0) is 50.9 Å². The van der Waals surface area contributed by atoms with Crippen LogP contribution in [0.1, 0.15) is 60.3 Å². The third-order valence-corrected chi connectivity index (χ3v) is 8.27. The first-order valence-electron chi connectivity index (χ1n) is 11.4. The molecule has 1 saturated heterocycles. The number of rotatable bonds is 5. The predicted molar refractivity (Wildman–Crippen MR) is 118 cm³/mol. The van der Waals surface area contributed by atoms with Crippen molar-refractivity contribution in [2.45, 2.75) is 57.9 Å². The molecule has 1 N–H and O–H groups in total. The number of carbonyl (C=O) groups excluding carboxylic acids is 2. The van der Waals surface area contributed by atoms with Gasteiger partial charge in [-0.25, -0.2) is 4.98 Å². The van der Waals surface area contributed by atoms with E-state index in [9.17, 15) is 18.4 Å². The Balaban J connectivity index is 1.45. The van der Waals surface area contributed by atoms with E-state index >= 15 is 0 Å². The molecule has 7 nitrogen and oxygen atoms in total. The van der Waals surface area contributed by atoms with Gasteiger partial charge in [0.15, 0.2) is 5.13 Å². The Kier molecular flexibility index (Phi) is 5.90. The van der Waals surface area contributed by atoms with E-state index in [1.54, 1.807) is 6.92 Å². The molecular weight excluding hydrogens is 450 g/mol. The van der Waals surface area contributed by atoms with Gasteiger partial charge in [0.25, 0.3) is 5.91 Å². The highest BCUT2D eigenvalue weighted by atomic mass is 32.1. The lowest BCUT2D eigenvalue weighted by Gasteiger charge is -2.56. The maximum Gasteiger partial charge on any atom is 0.271 e. The van der Waals surface area contributed by atoms with Crippen LogP contribution in [0.15, 0.2) is 12.1 Å². The number of hydrogen-bond donors (Lipinski definition) is 1. The monoisotopic (exact) mass is 476 g/mol. The van der Waals surface area contributed by atoms with Gasteiger partial charge in [-0.15, -0.1) is 11.3 Å². The number of nitrogens with one attached hydrogen (secondary N) is 1. The second-order valence-electron chi connectivity index (χ2n) is 9.21. The van der Waals surface area contributed by atoms with Gasteiger partial charge in [0.05, 0.1) is 5.69 Å². The number of hydrogen-bond acceptors (Lipinski definition) is 6. The summed E-state index contributed by atoms with van der Waals surface area (Å²) in [6.45, 7) is 2.65. The molecule has 1 atom stereocenters. The smallest absolute Gasteiger partial charge is 0.271 e. The number of halogens is 2. The minimum absolute atomic E-state index is 0.00427. The molecule has 0 radical (unpaired) electrons. The molecule has 3 fully saturated rings. The summed E-state index contributed by atoms with van der Waals surface area (Å²) in [5.41, 5.74) is 0.500. The normalized spacial score (nSPS) is 21.8. The highest BCUT2D eigenvalue weighted by Gasteiger charge is 2.51. The highest BCUT2D eigenvalue weighted by molar-refractivity contribution is 7.16. The minimum Gasteiger partial charge on any atom is -0.381 e. The Morgan fingerprint density at radius 3 is 2.39 bits per heavy atom. The summed E-state index contributed by atoms with van der Waals surface area (Å²) in [4.78, 5) is 36.0. The fourth-order valence-corrected chi connectivity index (χ4v) is 6.04. The van der Waals surface area contributed by atoms with Crippen molar-refractivity contribution in [3.63, 3.8) is 0 Å². The molecule has 2 amide bonds.